The summed E-state index contributed by atoms with van der Waals surface area (Å²) in [5.41, 5.74) is 0. The molecule has 9 heteroatoms. The highest BCUT2D eigenvalue weighted by molar-refractivity contribution is 7.89. The standard InChI is InChI=1S/C8H7Cl2NO5S/c9-5-1-4(17(11,14)15)2-6(10)8(5)16-3-7(12)13/h1-2H,3H2,(H,12,13)(H2,11,14,15). The van der Waals surface area contributed by atoms with E-state index < -0.39 is 22.6 Å². The highest BCUT2D eigenvalue weighted by Gasteiger charge is 2.16. The Morgan fingerprint density at radius 1 is 1.35 bits per heavy atom. The predicted molar refractivity (Wildman–Crippen MR) is 61.0 cm³/mol. The summed E-state index contributed by atoms with van der Waals surface area (Å²) in [5.74, 6) is -1.32. The van der Waals surface area contributed by atoms with Crippen LogP contribution in [0.4, 0.5) is 0 Å². The van der Waals surface area contributed by atoms with E-state index in [0.717, 1.165) is 12.1 Å². The maximum Gasteiger partial charge on any atom is 0.341 e. The van der Waals surface area contributed by atoms with E-state index in [2.05, 4.69) is 0 Å². The SMILES string of the molecule is NS(=O)(=O)c1cc(Cl)c(OCC(=O)O)c(Cl)c1. The second-order valence-electron chi connectivity index (χ2n) is 2.94. The first-order valence-electron chi connectivity index (χ1n) is 4.08. The van der Waals surface area contributed by atoms with Crippen molar-refractivity contribution >= 4 is 39.2 Å². The largest absolute Gasteiger partial charge is 0.479 e. The van der Waals surface area contributed by atoms with Crippen LogP contribution in [0, 0.1) is 0 Å². The van der Waals surface area contributed by atoms with Crippen LogP contribution < -0.4 is 9.88 Å². The minimum absolute atomic E-state index is 0.108. The molecular formula is C8H7Cl2NO5S. The van der Waals surface area contributed by atoms with Gasteiger partial charge in [0.15, 0.2) is 12.4 Å². The molecule has 0 aliphatic heterocycles. The van der Waals surface area contributed by atoms with Crippen LogP contribution in [-0.2, 0) is 14.8 Å². The number of rotatable bonds is 4. The molecule has 3 N–H and O–H groups in total. The van der Waals surface area contributed by atoms with E-state index in [1.165, 1.54) is 0 Å². The topological polar surface area (TPSA) is 107 Å². The molecule has 1 aromatic carbocycles. The Balaban J connectivity index is 3.15. The van der Waals surface area contributed by atoms with Crippen LogP contribution in [0.1, 0.15) is 0 Å². The third-order valence-electron chi connectivity index (χ3n) is 1.64. The third kappa shape index (κ3) is 3.74. The van der Waals surface area contributed by atoms with Gasteiger partial charge >= 0.3 is 5.97 Å². The molecule has 6 nitrogen and oxygen atoms in total. The number of halogens is 2. The zero-order valence-electron chi connectivity index (χ0n) is 8.18. The fraction of sp³-hybridized carbons (Fsp3) is 0.125. The number of ether oxygens (including phenoxy) is 1. The van der Waals surface area contributed by atoms with Crippen LogP contribution in [0.5, 0.6) is 5.75 Å². The number of hydrogen-bond acceptors (Lipinski definition) is 4. The van der Waals surface area contributed by atoms with Crippen molar-refractivity contribution in [3.8, 4) is 5.75 Å². The molecule has 0 saturated carbocycles. The molecule has 0 spiro atoms. The first kappa shape index (κ1) is 14.0. The lowest BCUT2D eigenvalue weighted by atomic mass is 10.3. The highest BCUT2D eigenvalue weighted by atomic mass is 35.5. The summed E-state index contributed by atoms with van der Waals surface area (Å²) >= 11 is 11.4. The highest BCUT2D eigenvalue weighted by Crippen LogP contribution is 2.35. The zero-order valence-corrected chi connectivity index (χ0v) is 10.5. The molecule has 0 unspecified atom stereocenters. The minimum atomic E-state index is -3.94. The van der Waals surface area contributed by atoms with Gasteiger partial charge in [-0.1, -0.05) is 23.2 Å². The Hall–Kier alpha value is -1.02. The van der Waals surface area contributed by atoms with Gasteiger partial charge in [-0.25, -0.2) is 18.4 Å². The van der Waals surface area contributed by atoms with Crippen LogP contribution >= 0.6 is 23.2 Å². The van der Waals surface area contributed by atoms with E-state index in [-0.39, 0.29) is 20.7 Å². The number of primary sulfonamides is 1. The average Bonchev–Trinajstić information content (AvgIpc) is 2.14. The van der Waals surface area contributed by atoms with Crippen LogP contribution in [-0.4, -0.2) is 26.1 Å². The van der Waals surface area contributed by atoms with E-state index in [4.69, 9.17) is 38.2 Å². The molecule has 0 aliphatic rings. The monoisotopic (exact) mass is 299 g/mol. The van der Waals surface area contributed by atoms with Crippen molar-refractivity contribution in [3.05, 3.63) is 22.2 Å². The maximum atomic E-state index is 11.0. The van der Waals surface area contributed by atoms with E-state index in [1.807, 2.05) is 0 Å². The van der Waals surface area contributed by atoms with Gasteiger partial charge in [0.05, 0.1) is 14.9 Å². The number of hydrogen-bond donors (Lipinski definition) is 2. The van der Waals surface area contributed by atoms with Crippen molar-refractivity contribution < 1.29 is 23.1 Å². The van der Waals surface area contributed by atoms with Gasteiger partial charge in [0, 0.05) is 0 Å². The van der Waals surface area contributed by atoms with Crippen molar-refractivity contribution in [2.24, 2.45) is 5.14 Å². The van der Waals surface area contributed by atoms with Crippen LogP contribution in [0.3, 0.4) is 0 Å². The normalized spacial score (nSPS) is 11.2. The molecule has 0 bridgehead atoms. The number of aliphatic carboxylic acids is 1. The first-order chi connectivity index (χ1) is 7.71. The lowest BCUT2D eigenvalue weighted by Crippen LogP contribution is -2.13. The lowest BCUT2D eigenvalue weighted by molar-refractivity contribution is -0.139. The molecule has 0 radical (unpaired) electrons. The fourth-order valence-corrected chi connectivity index (χ4v) is 2.26. The third-order valence-corrected chi connectivity index (χ3v) is 3.09. The molecule has 0 heterocycles. The molecule has 17 heavy (non-hydrogen) atoms. The smallest absolute Gasteiger partial charge is 0.341 e. The van der Waals surface area contributed by atoms with Gasteiger partial charge in [0.1, 0.15) is 0 Å². The molecule has 0 saturated heterocycles. The summed E-state index contributed by atoms with van der Waals surface area (Å²) in [6.45, 7) is -0.645. The molecule has 0 aromatic heterocycles. The second kappa shape index (κ2) is 5.09. The Morgan fingerprint density at radius 3 is 2.18 bits per heavy atom. The van der Waals surface area contributed by atoms with Gasteiger partial charge in [-0.05, 0) is 12.1 Å². The van der Waals surface area contributed by atoms with Gasteiger partial charge in [-0.15, -0.1) is 0 Å². The van der Waals surface area contributed by atoms with Crippen LogP contribution in [0.25, 0.3) is 0 Å². The summed E-state index contributed by atoms with van der Waals surface area (Å²) < 4.78 is 26.9. The maximum absolute atomic E-state index is 11.0. The fourth-order valence-electron chi connectivity index (χ4n) is 0.973. The zero-order chi connectivity index (χ0) is 13.2. The lowest BCUT2D eigenvalue weighted by Gasteiger charge is -2.09. The summed E-state index contributed by atoms with van der Waals surface area (Å²) in [4.78, 5) is 10.0. The predicted octanol–water partition coefficient (Wildman–Crippen LogP) is 1.10. The molecule has 0 atom stereocenters. The summed E-state index contributed by atoms with van der Waals surface area (Å²) in [5, 5.41) is 13.0. The van der Waals surface area contributed by atoms with E-state index in [9.17, 15) is 13.2 Å². The van der Waals surface area contributed by atoms with Gasteiger partial charge in [-0.3, -0.25) is 0 Å². The van der Waals surface area contributed by atoms with Gasteiger partial charge in [0.2, 0.25) is 10.0 Å². The van der Waals surface area contributed by atoms with Gasteiger partial charge in [-0.2, -0.15) is 0 Å². The van der Waals surface area contributed by atoms with Gasteiger partial charge < -0.3 is 9.84 Å². The van der Waals surface area contributed by atoms with Crippen molar-refractivity contribution in [3.63, 3.8) is 0 Å². The molecular weight excluding hydrogens is 293 g/mol. The molecule has 0 aliphatic carbocycles. The Morgan fingerprint density at radius 2 is 1.82 bits per heavy atom. The molecule has 1 aromatic rings. The van der Waals surface area contributed by atoms with Crippen molar-refractivity contribution in [1.82, 2.24) is 0 Å². The Bertz CT molecular complexity index is 534. The number of carbonyl (C=O) groups is 1. The van der Waals surface area contributed by atoms with E-state index in [1.54, 1.807) is 0 Å². The first-order valence-corrected chi connectivity index (χ1v) is 6.38. The summed E-state index contributed by atoms with van der Waals surface area (Å²) in [6.07, 6.45) is 0. The van der Waals surface area contributed by atoms with Crippen molar-refractivity contribution in [2.45, 2.75) is 4.90 Å². The molecule has 1 rings (SSSR count). The Kier molecular flexibility index (Phi) is 4.21. The van der Waals surface area contributed by atoms with Crippen LogP contribution in [0.2, 0.25) is 10.0 Å². The second-order valence-corrected chi connectivity index (χ2v) is 5.32. The number of sulfonamides is 1. The number of benzene rings is 1. The Labute approximate surface area is 107 Å². The number of carboxylic acid groups (broad SMARTS) is 1. The van der Waals surface area contributed by atoms with Crippen LogP contribution in [0.15, 0.2) is 17.0 Å². The quantitative estimate of drug-likeness (QED) is 0.866. The number of nitrogens with two attached hydrogens (primary N) is 1. The molecule has 0 amide bonds. The van der Waals surface area contributed by atoms with Crippen molar-refractivity contribution in [2.75, 3.05) is 6.61 Å². The average molecular weight is 300 g/mol. The molecule has 94 valence electrons. The van der Waals surface area contributed by atoms with Crippen molar-refractivity contribution in [1.29, 1.82) is 0 Å². The van der Waals surface area contributed by atoms with E-state index >= 15 is 0 Å². The van der Waals surface area contributed by atoms with Gasteiger partial charge in [0.25, 0.3) is 0 Å². The minimum Gasteiger partial charge on any atom is -0.479 e. The molecule has 0 fully saturated rings. The summed E-state index contributed by atoms with van der Waals surface area (Å²) in [7, 11) is -3.94. The van der Waals surface area contributed by atoms with E-state index in [0.29, 0.717) is 0 Å². The summed E-state index contributed by atoms with van der Waals surface area (Å²) in [6, 6.07) is 2.06. The number of carboxylic acids is 1.